The van der Waals surface area contributed by atoms with E-state index in [1.165, 1.54) is 7.11 Å². The second kappa shape index (κ2) is 3.91. The summed E-state index contributed by atoms with van der Waals surface area (Å²) in [5, 5.41) is 8.88. The van der Waals surface area contributed by atoms with E-state index in [0.29, 0.717) is 20.4 Å². The van der Waals surface area contributed by atoms with Crippen LogP contribution in [-0.2, 0) is 4.74 Å². The molecule has 0 saturated carbocycles. The average molecular weight is 304 g/mol. The lowest BCUT2D eigenvalue weighted by molar-refractivity contribution is 0.0594. The van der Waals surface area contributed by atoms with Crippen LogP contribution in [0.3, 0.4) is 0 Å². The molecule has 16 heavy (non-hydrogen) atoms. The molecule has 2 heterocycles. The molecule has 2 aromatic heterocycles. The number of carboxylic acids is 1. The Morgan fingerprint density at radius 3 is 2.75 bits per heavy atom. The largest absolute Gasteiger partial charge is 0.477 e. The first-order chi connectivity index (χ1) is 7.54. The Bertz CT molecular complexity index is 586. The van der Waals surface area contributed by atoms with Crippen molar-refractivity contribution in [3.63, 3.8) is 0 Å². The summed E-state index contributed by atoms with van der Waals surface area (Å²) < 4.78 is 5.71. The molecule has 2 aromatic rings. The van der Waals surface area contributed by atoms with Crippen LogP contribution < -0.4 is 0 Å². The minimum atomic E-state index is -0.999. The number of hydrogen-bond acceptors (Lipinski definition) is 4. The predicted molar refractivity (Wildman–Crippen MR) is 62.2 cm³/mol. The number of halogens is 1. The molecular weight excluding hydrogens is 298 g/mol. The Kier molecular flexibility index (Phi) is 2.73. The Labute approximate surface area is 102 Å². The number of hydrogen-bond donors (Lipinski definition) is 2. The molecule has 0 amide bonds. The number of nitrogens with one attached hydrogen (secondary N) is 1. The Hall–Kier alpha value is -1.34. The predicted octanol–water partition coefficient (Wildman–Crippen LogP) is 2.48. The van der Waals surface area contributed by atoms with Crippen LogP contribution in [0.5, 0.6) is 0 Å². The van der Waals surface area contributed by atoms with E-state index in [1.54, 1.807) is 6.07 Å². The summed E-state index contributed by atoms with van der Waals surface area (Å²) in [6.45, 7) is 0. The van der Waals surface area contributed by atoms with Crippen LogP contribution in [0, 0.1) is 0 Å². The third kappa shape index (κ3) is 1.61. The third-order valence-corrected chi connectivity index (χ3v) is 4.19. The maximum atomic E-state index is 11.2. The number of thiophene rings is 1. The van der Waals surface area contributed by atoms with Gasteiger partial charge in [-0.25, -0.2) is 9.59 Å². The van der Waals surface area contributed by atoms with Gasteiger partial charge >= 0.3 is 11.9 Å². The van der Waals surface area contributed by atoms with E-state index >= 15 is 0 Å². The van der Waals surface area contributed by atoms with Crippen LogP contribution in [0.15, 0.2) is 10.5 Å². The first-order valence-corrected chi connectivity index (χ1v) is 5.78. The van der Waals surface area contributed by atoms with Gasteiger partial charge in [0.05, 0.1) is 21.8 Å². The van der Waals surface area contributed by atoms with Gasteiger partial charge in [-0.05, 0) is 22.0 Å². The van der Waals surface area contributed by atoms with Crippen LogP contribution in [0.1, 0.15) is 20.2 Å². The molecule has 0 aliphatic carbocycles. The number of carbonyl (C=O) groups is 2. The second-order valence-corrected chi connectivity index (χ2v) is 4.81. The highest BCUT2D eigenvalue weighted by atomic mass is 79.9. The van der Waals surface area contributed by atoms with Crippen molar-refractivity contribution < 1.29 is 19.4 Å². The molecule has 0 unspecified atom stereocenters. The van der Waals surface area contributed by atoms with Crippen molar-refractivity contribution in [1.29, 1.82) is 0 Å². The van der Waals surface area contributed by atoms with Gasteiger partial charge in [-0.15, -0.1) is 11.3 Å². The molecule has 0 spiro atoms. The van der Waals surface area contributed by atoms with E-state index in [-0.39, 0.29) is 4.88 Å². The lowest BCUT2D eigenvalue weighted by Gasteiger charge is -1.93. The van der Waals surface area contributed by atoms with Crippen molar-refractivity contribution in [3.05, 3.63) is 21.1 Å². The van der Waals surface area contributed by atoms with E-state index < -0.39 is 11.9 Å². The quantitative estimate of drug-likeness (QED) is 0.835. The van der Waals surface area contributed by atoms with Crippen molar-refractivity contribution in [1.82, 2.24) is 4.98 Å². The van der Waals surface area contributed by atoms with E-state index in [1.807, 2.05) is 0 Å². The highest BCUT2D eigenvalue weighted by molar-refractivity contribution is 9.10. The van der Waals surface area contributed by atoms with Crippen LogP contribution in [0.25, 0.3) is 10.2 Å². The number of aromatic amines is 1. The van der Waals surface area contributed by atoms with Crippen LogP contribution >= 0.6 is 27.3 Å². The minimum absolute atomic E-state index is 0.206. The molecular formula is C9H6BrNO4S. The fourth-order valence-corrected chi connectivity index (χ4v) is 3.09. The van der Waals surface area contributed by atoms with E-state index in [0.717, 1.165) is 11.3 Å². The van der Waals surface area contributed by atoms with Crippen molar-refractivity contribution in [3.8, 4) is 0 Å². The zero-order valence-corrected chi connectivity index (χ0v) is 10.4. The summed E-state index contributed by atoms with van der Waals surface area (Å²) in [7, 11) is 1.29. The van der Waals surface area contributed by atoms with E-state index in [4.69, 9.17) is 5.11 Å². The minimum Gasteiger partial charge on any atom is -0.477 e. The molecule has 0 fully saturated rings. The number of H-pyrrole nitrogens is 1. The van der Waals surface area contributed by atoms with Crippen molar-refractivity contribution >= 4 is 49.4 Å². The number of ether oxygens (including phenoxy) is 1. The lowest BCUT2D eigenvalue weighted by atomic mass is 10.4. The molecule has 0 bridgehead atoms. The number of rotatable bonds is 2. The Morgan fingerprint density at radius 1 is 1.56 bits per heavy atom. The number of methoxy groups -OCH3 is 1. The van der Waals surface area contributed by atoms with Crippen LogP contribution in [0.2, 0.25) is 0 Å². The van der Waals surface area contributed by atoms with Gasteiger partial charge in [0, 0.05) is 0 Å². The Balaban J connectivity index is 2.58. The fraction of sp³-hybridized carbons (Fsp3) is 0.111. The molecule has 2 rings (SSSR count). The zero-order chi connectivity index (χ0) is 11.9. The topological polar surface area (TPSA) is 79.4 Å². The highest BCUT2D eigenvalue weighted by Gasteiger charge is 2.19. The summed E-state index contributed by atoms with van der Waals surface area (Å²) >= 11 is 4.28. The molecule has 5 nitrogen and oxygen atoms in total. The maximum absolute atomic E-state index is 11.2. The van der Waals surface area contributed by atoms with Crippen molar-refractivity contribution in [2.24, 2.45) is 0 Å². The number of aromatic carboxylic acids is 1. The van der Waals surface area contributed by atoms with Gasteiger partial charge in [0.15, 0.2) is 0 Å². The number of fused-ring (bicyclic) bond motifs is 1. The number of aromatic nitrogens is 1. The summed E-state index contributed by atoms with van der Waals surface area (Å²) in [6.07, 6.45) is 0. The standard InChI is InChI=1S/C9H6BrNO4S/c1-15-9(14)3-2-4-6(11-3)5(10)7(16-4)8(12)13/h2,11H,1H3,(H,12,13). The molecule has 0 aliphatic rings. The van der Waals surface area contributed by atoms with Gasteiger partial charge in [-0.1, -0.05) is 0 Å². The Morgan fingerprint density at radius 2 is 2.25 bits per heavy atom. The first kappa shape index (κ1) is 11.2. The van der Waals surface area contributed by atoms with Crippen LogP contribution in [-0.4, -0.2) is 29.1 Å². The van der Waals surface area contributed by atoms with Gasteiger partial charge < -0.3 is 14.8 Å². The summed E-state index contributed by atoms with van der Waals surface area (Å²) in [6, 6.07) is 1.57. The average Bonchev–Trinajstić information content (AvgIpc) is 2.77. The monoisotopic (exact) mass is 303 g/mol. The van der Waals surface area contributed by atoms with E-state index in [9.17, 15) is 9.59 Å². The van der Waals surface area contributed by atoms with Gasteiger partial charge in [0.1, 0.15) is 10.6 Å². The molecule has 2 N–H and O–H groups in total. The van der Waals surface area contributed by atoms with Crippen molar-refractivity contribution in [2.75, 3.05) is 7.11 Å². The zero-order valence-electron chi connectivity index (χ0n) is 8.04. The van der Waals surface area contributed by atoms with Gasteiger partial charge in [0.25, 0.3) is 0 Å². The summed E-state index contributed by atoms with van der Waals surface area (Å²) in [5.74, 6) is -1.48. The lowest BCUT2D eigenvalue weighted by Crippen LogP contribution is -2.00. The molecule has 0 atom stereocenters. The SMILES string of the molecule is COC(=O)c1cc2sc(C(=O)O)c(Br)c2[nH]1. The second-order valence-electron chi connectivity index (χ2n) is 2.96. The maximum Gasteiger partial charge on any atom is 0.354 e. The number of carboxylic acid groups (broad SMARTS) is 1. The third-order valence-electron chi connectivity index (χ3n) is 2.01. The highest BCUT2D eigenvalue weighted by Crippen LogP contribution is 2.35. The number of esters is 1. The molecule has 7 heteroatoms. The van der Waals surface area contributed by atoms with Crippen molar-refractivity contribution in [2.45, 2.75) is 0 Å². The first-order valence-electron chi connectivity index (χ1n) is 4.17. The fourth-order valence-electron chi connectivity index (χ4n) is 1.30. The van der Waals surface area contributed by atoms with E-state index in [2.05, 4.69) is 25.7 Å². The number of carbonyl (C=O) groups excluding carboxylic acids is 1. The molecule has 0 aromatic carbocycles. The summed E-state index contributed by atoms with van der Waals surface area (Å²) in [4.78, 5) is 25.1. The van der Waals surface area contributed by atoms with Gasteiger partial charge in [-0.3, -0.25) is 0 Å². The van der Waals surface area contributed by atoms with Gasteiger partial charge in [0.2, 0.25) is 0 Å². The molecule has 84 valence electrons. The molecule has 0 aliphatic heterocycles. The summed E-state index contributed by atoms with van der Waals surface area (Å²) in [5.41, 5.74) is 0.907. The van der Waals surface area contributed by atoms with Crippen LogP contribution in [0.4, 0.5) is 0 Å². The molecule has 0 saturated heterocycles. The molecule has 0 radical (unpaired) electrons. The smallest absolute Gasteiger partial charge is 0.354 e. The normalized spacial score (nSPS) is 10.6. The van der Waals surface area contributed by atoms with Gasteiger partial charge in [-0.2, -0.15) is 0 Å².